The van der Waals surface area contributed by atoms with Crippen LogP contribution in [0.4, 0.5) is 0 Å². The van der Waals surface area contributed by atoms with Gasteiger partial charge in [0, 0.05) is 13.3 Å². The average molecular weight is 309 g/mol. The highest BCUT2D eigenvalue weighted by molar-refractivity contribution is 6.32. The quantitative estimate of drug-likeness (QED) is 0.533. The molecule has 0 fully saturated rings. The predicted octanol–water partition coefficient (Wildman–Crippen LogP) is 2.10. The molecule has 0 saturated heterocycles. The van der Waals surface area contributed by atoms with E-state index in [1.54, 1.807) is 4.80 Å². The number of nitrogens with zero attached hydrogens (tertiary/aromatic N) is 3. The minimum Gasteiger partial charge on any atom is -0.460 e. The van der Waals surface area contributed by atoms with E-state index in [1.165, 1.54) is 6.92 Å². The van der Waals surface area contributed by atoms with Crippen LogP contribution in [0.2, 0.25) is 0 Å². The third-order valence-electron chi connectivity index (χ3n) is 3.34. The number of ether oxygens (including phenoxy) is 1. The van der Waals surface area contributed by atoms with E-state index in [4.69, 9.17) is 4.74 Å². The normalized spacial score (nSPS) is 10.7. The van der Waals surface area contributed by atoms with E-state index in [1.807, 2.05) is 48.5 Å². The number of benzene rings is 2. The fraction of sp³-hybridized carbons (Fsp3) is 0.176. The molecule has 6 heteroatoms. The van der Waals surface area contributed by atoms with Crippen LogP contribution in [0.1, 0.15) is 12.5 Å². The van der Waals surface area contributed by atoms with Gasteiger partial charge >= 0.3 is 5.97 Å². The van der Waals surface area contributed by atoms with E-state index in [-0.39, 0.29) is 6.61 Å². The minimum atomic E-state index is -0.804. The first-order chi connectivity index (χ1) is 11.1. The van der Waals surface area contributed by atoms with E-state index in [0.717, 1.165) is 22.3 Å². The molecule has 0 atom stereocenters. The highest BCUT2D eigenvalue weighted by Gasteiger charge is 2.09. The van der Waals surface area contributed by atoms with Crippen molar-refractivity contribution >= 4 is 22.8 Å². The molecule has 0 spiro atoms. The molecule has 3 rings (SSSR count). The minimum absolute atomic E-state index is 0.163. The van der Waals surface area contributed by atoms with Crippen LogP contribution in [0.3, 0.4) is 0 Å². The van der Waals surface area contributed by atoms with Crippen LogP contribution in [0.25, 0.3) is 16.7 Å². The zero-order chi connectivity index (χ0) is 16.2. The summed E-state index contributed by atoms with van der Waals surface area (Å²) >= 11 is 0. The van der Waals surface area contributed by atoms with Crippen molar-refractivity contribution < 1.29 is 14.3 Å². The number of fused-ring (bicyclic) bond motifs is 1. The second-order valence-corrected chi connectivity index (χ2v) is 5.09. The maximum Gasteiger partial charge on any atom is 0.374 e. The fourth-order valence-electron chi connectivity index (χ4n) is 2.17. The Morgan fingerprint density at radius 3 is 2.39 bits per heavy atom. The van der Waals surface area contributed by atoms with Crippen LogP contribution in [0.15, 0.2) is 48.5 Å². The highest BCUT2D eigenvalue weighted by Crippen LogP contribution is 2.13. The van der Waals surface area contributed by atoms with Crippen LogP contribution in [-0.2, 0) is 20.7 Å². The van der Waals surface area contributed by atoms with Crippen molar-refractivity contribution in [3.63, 3.8) is 0 Å². The number of rotatable bonds is 5. The highest BCUT2D eigenvalue weighted by atomic mass is 16.5. The maximum atomic E-state index is 11.1. The molecule has 0 aliphatic heterocycles. The molecule has 23 heavy (non-hydrogen) atoms. The van der Waals surface area contributed by atoms with Crippen molar-refractivity contribution in [3.05, 3.63) is 54.1 Å². The molecule has 0 aliphatic carbocycles. The largest absolute Gasteiger partial charge is 0.460 e. The second kappa shape index (κ2) is 6.39. The summed E-state index contributed by atoms with van der Waals surface area (Å²) in [5.74, 6) is -1.40. The van der Waals surface area contributed by atoms with Crippen molar-refractivity contribution in [1.82, 2.24) is 15.0 Å². The van der Waals surface area contributed by atoms with E-state index in [0.29, 0.717) is 6.42 Å². The Bertz CT molecular complexity index is 837. The molecular weight excluding hydrogens is 294 g/mol. The van der Waals surface area contributed by atoms with Gasteiger partial charge in [-0.25, -0.2) is 4.79 Å². The SMILES string of the molecule is CC(=O)C(=O)OCCc1cccc(-n2nc3ccccc3n2)c1. The molecule has 116 valence electrons. The van der Waals surface area contributed by atoms with Crippen molar-refractivity contribution in [2.75, 3.05) is 6.61 Å². The first-order valence-electron chi connectivity index (χ1n) is 7.22. The van der Waals surface area contributed by atoms with Gasteiger partial charge in [-0.1, -0.05) is 24.3 Å². The number of ketones is 1. The maximum absolute atomic E-state index is 11.1. The summed E-state index contributed by atoms with van der Waals surface area (Å²) in [4.78, 5) is 23.5. The molecule has 6 nitrogen and oxygen atoms in total. The number of carbonyl (C=O) groups is 2. The van der Waals surface area contributed by atoms with E-state index in [9.17, 15) is 9.59 Å². The standard InChI is InChI=1S/C17H15N3O3/c1-12(21)17(22)23-10-9-13-5-4-6-14(11-13)20-18-15-7-2-3-8-16(15)19-20/h2-8,11H,9-10H2,1H3. The molecule has 1 aromatic heterocycles. The zero-order valence-electron chi connectivity index (χ0n) is 12.6. The first kappa shape index (κ1) is 14.9. The monoisotopic (exact) mass is 309 g/mol. The van der Waals surface area contributed by atoms with Crippen LogP contribution in [0.5, 0.6) is 0 Å². The first-order valence-corrected chi connectivity index (χ1v) is 7.22. The van der Waals surface area contributed by atoms with Crippen LogP contribution in [0, 0.1) is 0 Å². The lowest BCUT2D eigenvalue weighted by molar-refractivity contribution is -0.152. The van der Waals surface area contributed by atoms with Gasteiger partial charge in [0.25, 0.3) is 0 Å². The molecule has 2 aromatic carbocycles. The molecule has 1 heterocycles. The molecule has 0 saturated carbocycles. The summed E-state index contributed by atoms with van der Waals surface area (Å²) in [7, 11) is 0. The number of esters is 1. The van der Waals surface area contributed by atoms with Gasteiger partial charge < -0.3 is 4.74 Å². The molecular formula is C17H15N3O3. The Labute approximate surface area is 132 Å². The van der Waals surface area contributed by atoms with Gasteiger partial charge in [0.2, 0.25) is 5.78 Å². The molecule has 0 radical (unpaired) electrons. The lowest BCUT2D eigenvalue weighted by Crippen LogP contribution is -2.15. The molecule has 0 unspecified atom stereocenters. The molecule has 0 N–H and O–H groups in total. The summed E-state index contributed by atoms with van der Waals surface area (Å²) in [6, 6.07) is 15.3. The Morgan fingerprint density at radius 1 is 1.04 bits per heavy atom. The number of aromatic nitrogens is 3. The van der Waals surface area contributed by atoms with Gasteiger partial charge in [0.1, 0.15) is 11.0 Å². The van der Waals surface area contributed by atoms with Crippen LogP contribution in [-0.4, -0.2) is 33.4 Å². The van der Waals surface area contributed by atoms with Gasteiger partial charge in [0.15, 0.2) is 0 Å². The third kappa shape index (κ3) is 3.42. The lowest BCUT2D eigenvalue weighted by Gasteiger charge is -2.05. The Hall–Kier alpha value is -3.02. The third-order valence-corrected chi connectivity index (χ3v) is 3.34. The molecule has 0 bridgehead atoms. The van der Waals surface area contributed by atoms with Gasteiger partial charge in [-0.3, -0.25) is 4.79 Å². The zero-order valence-corrected chi connectivity index (χ0v) is 12.6. The molecule has 0 amide bonds. The van der Waals surface area contributed by atoms with Gasteiger partial charge in [-0.05, 0) is 29.8 Å². The summed E-state index contributed by atoms with van der Waals surface area (Å²) in [6.45, 7) is 1.35. The molecule has 0 aliphatic rings. The van der Waals surface area contributed by atoms with Crippen molar-refractivity contribution in [2.24, 2.45) is 0 Å². The summed E-state index contributed by atoms with van der Waals surface area (Å²) < 4.78 is 4.87. The number of hydrogen-bond donors (Lipinski definition) is 0. The molecule has 3 aromatic rings. The predicted molar refractivity (Wildman–Crippen MR) is 84.2 cm³/mol. The lowest BCUT2D eigenvalue weighted by atomic mass is 10.1. The fourth-order valence-corrected chi connectivity index (χ4v) is 2.17. The van der Waals surface area contributed by atoms with Crippen LogP contribution >= 0.6 is 0 Å². The van der Waals surface area contributed by atoms with Crippen molar-refractivity contribution in [1.29, 1.82) is 0 Å². The summed E-state index contributed by atoms with van der Waals surface area (Å²) in [5, 5.41) is 8.86. The van der Waals surface area contributed by atoms with Gasteiger partial charge in [0.05, 0.1) is 12.3 Å². The second-order valence-electron chi connectivity index (χ2n) is 5.09. The Kier molecular flexibility index (Phi) is 4.14. The topological polar surface area (TPSA) is 74.1 Å². The Balaban J connectivity index is 1.74. The van der Waals surface area contributed by atoms with Gasteiger partial charge in [-0.2, -0.15) is 4.80 Å². The van der Waals surface area contributed by atoms with E-state index >= 15 is 0 Å². The summed E-state index contributed by atoms with van der Waals surface area (Å²) in [6.07, 6.45) is 0.521. The summed E-state index contributed by atoms with van der Waals surface area (Å²) in [5.41, 5.74) is 3.46. The van der Waals surface area contributed by atoms with Crippen molar-refractivity contribution in [3.8, 4) is 5.69 Å². The Morgan fingerprint density at radius 2 is 1.74 bits per heavy atom. The number of carbonyl (C=O) groups excluding carboxylic acids is 2. The van der Waals surface area contributed by atoms with Gasteiger partial charge in [-0.15, -0.1) is 10.2 Å². The van der Waals surface area contributed by atoms with Crippen LogP contribution < -0.4 is 0 Å². The number of Topliss-reactive ketones (excluding diaryl/α,β-unsaturated/α-hetero) is 1. The van der Waals surface area contributed by atoms with E-state index < -0.39 is 11.8 Å². The van der Waals surface area contributed by atoms with E-state index in [2.05, 4.69) is 10.2 Å². The average Bonchev–Trinajstić information content (AvgIpc) is 2.99. The van der Waals surface area contributed by atoms with Crippen molar-refractivity contribution in [2.45, 2.75) is 13.3 Å². The number of hydrogen-bond acceptors (Lipinski definition) is 5. The smallest absolute Gasteiger partial charge is 0.374 e.